The van der Waals surface area contributed by atoms with Gasteiger partial charge in [0.2, 0.25) is 0 Å². The smallest absolute Gasteiger partial charge is 0.191 e. The van der Waals surface area contributed by atoms with Gasteiger partial charge in [-0.3, -0.25) is 4.90 Å². The molecular weight excluding hydrogens is 481 g/mol. The quantitative estimate of drug-likeness (QED) is 0.279. The number of aromatic nitrogens is 1. The Balaban J connectivity index is 0.00000420. The third-order valence-electron chi connectivity index (χ3n) is 5.48. The summed E-state index contributed by atoms with van der Waals surface area (Å²) in [4.78, 5) is 7.22. The molecule has 0 aromatic carbocycles. The molecule has 1 aliphatic heterocycles. The molecule has 1 aromatic heterocycles. The summed E-state index contributed by atoms with van der Waals surface area (Å²) in [5, 5.41) is 11.1. The second-order valence-electron chi connectivity index (χ2n) is 7.77. The highest BCUT2D eigenvalue weighted by molar-refractivity contribution is 14.0. The van der Waals surface area contributed by atoms with Crippen LogP contribution in [0.1, 0.15) is 64.8 Å². The maximum atomic E-state index is 5.50. The molecule has 2 heterocycles. The van der Waals surface area contributed by atoms with Gasteiger partial charge in [-0.05, 0) is 25.7 Å². The minimum Gasteiger partial charge on any atom is -0.379 e. The number of aliphatic imine (C=N–C) groups is 1. The average molecular weight is 521 g/mol. The lowest BCUT2D eigenvalue weighted by atomic mass is 9.99. The third kappa shape index (κ3) is 8.41. The second-order valence-corrected chi connectivity index (χ2v) is 7.77. The van der Waals surface area contributed by atoms with E-state index in [4.69, 9.17) is 14.3 Å². The Morgan fingerprint density at radius 3 is 2.45 bits per heavy atom. The van der Waals surface area contributed by atoms with E-state index >= 15 is 0 Å². The fourth-order valence-electron chi connectivity index (χ4n) is 3.70. The summed E-state index contributed by atoms with van der Waals surface area (Å²) in [5.41, 5.74) is 1.04. The second kappa shape index (κ2) is 14.2. The van der Waals surface area contributed by atoms with Gasteiger partial charge in [0.15, 0.2) is 11.7 Å². The first-order chi connectivity index (χ1) is 13.6. The van der Waals surface area contributed by atoms with Crippen molar-refractivity contribution < 1.29 is 9.26 Å². The zero-order chi connectivity index (χ0) is 20.4. The highest BCUT2D eigenvalue weighted by Gasteiger charge is 2.24. The summed E-state index contributed by atoms with van der Waals surface area (Å²) in [7, 11) is 0. The first-order valence-electron chi connectivity index (χ1n) is 10.9. The Bertz CT molecular complexity index is 583. The number of nitrogens with one attached hydrogen (secondary N) is 2. The number of hydrogen-bond acceptors (Lipinski definition) is 5. The van der Waals surface area contributed by atoms with Crippen LogP contribution in [0.3, 0.4) is 0 Å². The van der Waals surface area contributed by atoms with Gasteiger partial charge >= 0.3 is 0 Å². The van der Waals surface area contributed by atoms with E-state index in [-0.39, 0.29) is 24.0 Å². The van der Waals surface area contributed by atoms with Crippen molar-refractivity contribution >= 4 is 29.9 Å². The molecule has 29 heavy (non-hydrogen) atoms. The van der Waals surface area contributed by atoms with Crippen molar-refractivity contribution in [1.82, 2.24) is 20.7 Å². The fraction of sp³-hybridized carbons (Fsp3) is 0.810. The minimum atomic E-state index is 0. The predicted octanol–water partition coefficient (Wildman–Crippen LogP) is 3.61. The van der Waals surface area contributed by atoms with E-state index in [1.165, 1.54) is 0 Å². The number of nitrogens with zero attached hydrogens (tertiary/aromatic N) is 3. The molecule has 1 atom stereocenters. The van der Waals surface area contributed by atoms with Crippen LogP contribution in [0.15, 0.2) is 15.6 Å². The van der Waals surface area contributed by atoms with E-state index in [0.29, 0.717) is 24.4 Å². The van der Waals surface area contributed by atoms with Crippen LogP contribution in [0.2, 0.25) is 0 Å². The fourth-order valence-corrected chi connectivity index (χ4v) is 3.70. The standard InChI is InChI=1S/C21H39N5O2.HI/c1-6-17(7-2)19-13-18(28-25-19)14-23-21(22-8-3)24-15-20(16(4)5)26-9-11-27-12-10-26;/h13,16-17,20H,6-12,14-15H2,1-5H3,(H2,22,23,24);1H. The van der Waals surface area contributed by atoms with Crippen molar-refractivity contribution in [1.29, 1.82) is 0 Å². The van der Waals surface area contributed by atoms with E-state index in [2.05, 4.69) is 61.4 Å². The zero-order valence-corrected chi connectivity index (χ0v) is 21.1. The first kappa shape index (κ1) is 26.2. The van der Waals surface area contributed by atoms with Crippen LogP contribution in [0, 0.1) is 5.92 Å². The van der Waals surface area contributed by atoms with Gasteiger partial charge in [0.25, 0.3) is 0 Å². The van der Waals surface area contributed by atoms with Gasteiger partial charge in [0.1, 0.15) is 6.54 Å². The molecule has 1 unspecified atom stereocenters. The summed E-state index contributed by atoms with van der Waals surface area (Å²) < 4.78 is 11.0. The van der Waals surface area contributed by atoms with E-state index in [0.717, 1.165) is 69.6 Å². The molecule has 1 aliphatic rings. The largest absolute Gasteiger partial charge is 0.379 e. The molecule has 0 bridgehead atoms. The van der Waals surface area contributed by atoms with Gasteiger partial charge in [-0.2, -0.15) is 0 Å². The number of morpholine rings is 1. The lowest BCUT2D eigenvalue weighted by molar-refractivity contribution is 0.00752. The number of halogens is 1. The number of guanidine groups is 1. The van der Waals surface area contributed by atoms with E-state index in [9.17, 15) is 0 Å². The predicted molar refractivity (Wildman–Crippen MR) is 129 cm³/mol. The lowest BCUT2D eigenvalue weighted by Crippen LogP contribution is -2.52. The number of ether oxygens (including phenoxy) is 1. The van der Waals surface area contributed by atoms with Crippen LogP contribution in [-0.4, -0.2) is 61.5 Å². The Morgan fingerprint density at radius 2 is 1.86 bits per heavy atom. The van der Waals surface area contributed by atoms with E-state index in [1.807, 2.05) is 0 Å². The van der Waals surface area contributed by atoms with Crippen molar-refractivity contribution in [3.05, 3.63) is 17.5 Å². The summed E-state index contributed by atoms with van der Waals surface area (Å²) in [6.07, 6.45) is 2.15. The van der Waals surface area contributed by atoms with Crippen LogP contribution in [0.4, 0.5) is 0 Å². The first-order valence-corrected chi connectivity index (χ1v) is 10.9. The third-order valence-corrected chi connectivity index (χ3v) is 5.48. The van der Waals surface area contributed by atoms with Crippen LogP contribution >= 0.6 is 24.0 Å². The summed E-state index contributed by atoms with van der Waals surface area (Å²) in [5.74, 6) is 2.66. The van der Waals surface area contributed by atoms with Crippen LogP contribution in [-0.2, 0) is 11.3 Å². The molecule has 2 N–H and O–H groups in total. The normalized spacial score (nSPS) is 16.7. The molecule has 8 heteroatoms. The molecule has 0 radical (unpaired) electrons. The maximum absolute atomic E-state index is 5.50. The summed E-state index contributed by atoms with van der Waals surface area (Å²) in [6, 6.07) is 2.51. The van der Waals surface area contributed by atoms with Gasteiger partial charge in [0.05, 0.1) is 18.9 Å². The van der Waals surface area contributed by atoms with Crippen LogP contribution in [0.25, 0.3) is 0 Å². The monoisotopic (exact) mass is 521 g/mol. The molecule has 0 aliphatic carbocycles. The molecule has 1 saturated heterocycles. The average Bonchev–Trinajstić information content (AvgIpc) is 3.16. The molecule has 1 fully saturated rings. The van der Waals surface area contributed by atoms with Gasteiger partial charge in [-0.15, -0.1) is 24.0 Å². The number of hydrogen-bond donors (Lipinski definition) is 2. The Labute approximate surface area is 193 Å². The van der Waals surface area contributed by atoms with Crippen molar-refractivity contribution in [2.75, 3.05) is 39.4 Å². The van der Waals surface area contributed by atoms with Gasteiger partial charge in [0, 0.05) is 44.2 Å². The molecule has 1 aromatic rings. The maximum Gasteiger partial charge on any atom is 0.191 e. The lowest BCUT2D eigenvalue weighted by Gasteiger charge is -2.37. The molecule has 2 rings (SSSR count). The van der Waals surface area contributed by atoms with E-state index in [1.54, 1.807) is 0 Å². The van der Waals surface area contributed by atoms with E-state index < -0.39 is 0 Å². The molecule has 0 saturated carbocycles. The van der Waals surface area contributed by atoms with Crippen molar-refractivity contribution in [2.45, 2.75) is 66.0 Å². The molecule has 168 valence electrons. The minimum absolute atomic E-state index is 0. The summed E-state index contributed by atoms with van der Waals surface area (Å²) >= 11 is 0. The van der Waals surface area contributed by atoms with Gasteiger partial charge in [-0.1, -0.05) is 32.9 Å². The summed E-state index contributed by atoms with van der Waals surface area (Å²) in [6.45, 7) is 16.8. The molecular formula is C21H40IN5O2. The highest BCUT2D eigenvalue weighted by Crippen LogP contribution is 2.22. The van der Waals surface area contributed by atoms with Crippen LogP contribution in [0.5, 0.6) is 0 Å². The Morgan fingerprint density at radius 1 is 1.17 bits per heavy atom. The topological polar surface area (TPSA) is 74.9 Å². The highest BCUT2D eigenvalue weighted by atomic mass is 127. The molecule has 7 nitrogen and oxygen atoms in total. The Hall–Kier alpha value is -0.870. The zero-order valence-electron chi connectivity index (χ0n) is 18.7. The van der Waals surface area contributed by atoms with Gasteiger partial charge < -0.3 is 19.9 Å². The van der Waals surface area contributed by atoms with Crippen molar-refractivity contribution in [2.24, 2.45) is 10.9 Å². The van der Waals surface area contributed by atoms with Crippen molar-refractivity contribution in [3.63, 3.8) is 0 Å². The molecule has 0 spiro atoms. The van der Waals surface area contributed by atoms with Crippen LogP contribution < -0.4 is 10.6 Å². The number of rotatable bonds is 10. The SMILES string of the molecule is CCNC(=NCc1cc(C(CC)CC)no1)NCC(C(C)C)N1CCOCC1.I. The van der Waals surface area contributed by atoms with Gasteiger partial charge in [-0.25, -0.2) is 4.99 Å². The van der Waals surface area contributed by atoms with Crippen molar-refractivity contribution in [3.8, 4) is 0 Å². The Kier molecular flexibility index (Phi) is 12.8. The molecule has 0 amide bonds.